The van der Waals surface area contributed by atoms with E-state index in [0.29, 0.717) is 25.2 Å². The van der Waals surface area contributed by atoms with E-state index in [4.69, 9.17) is 0 Å². The quantitative estimate of drug-likeness (QED) is 0.667. The first-order valence-corrected chi connectivity index (χ1v) is 11.0. The number of hydrogen-bond acceptors (Lipinski definition) is 4. The lowest BCUT2D eigenvalue weighted by molar-refractivity contribution is 0.0951. The lowest BCUT2D eigenvalue weighted by atomic mass is 10.1. The fourth-order valence-electron chi connectivity index (χ4n) is 3.30. The maximum atomic E-state index is 12.6. The Morgan fingerprint density at radius 1 is 1.15 bits per heavy atom. The van der Waals surface area contributed by atoms with Crippen LogP contribution in [-0.4, -0.2) is 62.8 Å². The third-order valence-electron chi connectivity index (χ3n) is 4.82. The Morgan fingerprint density at radius 3 is 2.50 bits per heavy atom. The van der Waals surface area contributed by atoms with Gasteiger partial charge in [0.15, 0.2) is 0 Å². The van der Waals surface area contributed by atoms with Gasteiger partial charge in [-0.3, -0.25) is 4.79 Å². The zero-order valence-electron chi connectivity index (χ0n) is 15.9. The van der Waals surface area contributed by atoms with Gasteiger partial charge in [0.1, 0.15) is 0 Å². The number of piperidine rings is 1. The zero-order valence-corrected chi connectivity index (χ0v) is 16.7. The fourth-order valence-corrected chi connectivity index (χ4v) is 4.80. The highest BCUT2D eigenvalue weighted by Gasteiger charge is 2.22. The number of carbonyl (C=O) groups excluding carboxylic acids is 1. The normalized spacial score (nSPS) is 16.0. The van der Waals surface area contributed by atoms with Crippen molar-refractivity contribution in [2.45, 2.75) is 44.4 Å². The molecule has 0 unspecified atom stereocenters. The van der Waals surface area contributed by atoms with Crippen molar-refractivity contribution in [1.29, 1.82) is 0 Å². The molecule has 1 aromatic carbocycles. The molecule has 0 radical (unpaired) electrons. The summed E-state index contributed by atoms with van der Waals surface area (Å²) in [5.74, 6) is -0.222. The van der Waals surface area contributed by atoms with E-state index >= 15 is 0 Å². The smallest absolute Gasteiger partial charge is 0.251 e. The third-order valence-corrected chi connectivity index (χ3v) is 6.87. The lowest BCUT2D eigenvalue weighted by Gasteiger charge is -2.26. The van der Waals surface area contributed by atoms with Gasteiger partial charge in [-0.05, 0) is 57.1 Å². The van der Waals surface area contributed by atoms with Crippen LogP contribution in [0.3, 0.4) is 0 Å². The van der Waals surface area contributed by atoms with E-state index in [1.807, 2.05) is 0 Å². The van der Waals surface area contributed by atoms with E-state index in [2.05, 4.69) is 10.2 Å². The molecule has 1 aromatic rings. The Labute approximate surface area is 157 Å². The van der Waals surface area contributed by atoms with E-state index in [9.17, 15) is 13.2 Å². The molecule has 0 spiro atoms. The molecule has 6 nitrogen and oxygen atoms in total. The van der Waals surface area contributed by atoms with Crippen molar-refractivity contribution >= 4 is 15.9 Å². The zero-order chi connectivity index (χ0) is 19.0. The van der Waals surface area contributed by atoms with E-state index in [1.54, 1.807) is 32.0 Å². The van der Waals surface area contributed by atoms with Crippen LogP contribution in [0.4, 0.5) is 0 Å². The van der Waals surface area contributed by atoms with Crippen LogP contribution in [0.2, 0.25) is 0 Å². The van der Waals surface area contributed by atoms with E-state index in [-0.39, 0.29) is 10.8 Å². The molecule has 2 rings (SSSR count). The predicted molar refractivity (Wildman–Crippen MR) is 104 cm³/mol. The van der Waals surface area contributed by atoms with Crippen LogP contribution >= 0.6 is 0 Å². The first kappa shape index (κ1) is 20.9. The second-order valence-electron chi connectivity index (χ2n) is 6.63. The van der Waals surface area contributed by atoms with Gasteiger partial charge in [-0.2, -0.15) is 4.31 Å². The summed E-state index contributed by atoms with van der Waals surface area (Å²) in [4.78, 5) is 15.0. The summed E-state index contributed by atoms with van der Waals surface area (Å²) in [5, 5.41) is 2.90. The molecule has 1 amide bonds. The van der Waals surface area contributed by atoms with Gasteiger partial charge in [-0.25, -0.2) is 8.42 Å². The van der Waals surface area contributed by atoms with Crippen LogP contribution in [-0.2, 0) is 10.0 Å². The van der Waals surface area contributed by atoms with Gasteiger partial charge in [0.2, 0.25) is 10.0 Å². The van der Waals surface area contributed by atoms with E-state index in [1.165, 1.54) is 29.6 Å². The maximum Gasteiger partial charge on any atom is 0.251 e. The van der Waals surface area contributed by atoms with Crippen molar-refractivity contribution in [2.75, 3.05) is 39.3 Å². The number of carbonyl (C=O) groups is 1. The predicted octanol–water partition coefficient (Wildman–Crippen LogP) is 2.32. The minimum Gasteiger partial charge on any atom is -0.352 e. The molecule has 146 valence electrons. The van der Waals surface area contributed by atoms with Gasteiger partial charge in [0.25, 0.3) is 5.91 Å². The largest absolute Gasteiger partial charge is 0.352 e. The van der Waals surface area contributed by atoms with Gasteiger partial charge in [0.05, 0.1) is 4.90 Å². The van der Waals surface area contributed by atoms with E-state index in [0.717, 1.165) is 26.1 Å². The molecule has 0 aromatic heterocycles. The van der Waals surface area contributed by atoms with Crippen molar-refractivity contribution < 1.29 is 13.2 Å². The number of nitrogens with zero attached hydrogens (tertiary/aromatic N) is 2. The minimum atomic E-state index is -3.55. The fraction of sp³-hybridized carbons (Fsp3) is 0.632. The Balaban J connectivity index is 1.91. The first-order chi connectivity index (χ1) is 12.5. The first-order valence-electron chi connectivity index (χ1n) is 9.59. The van der Waals surface area contributed by atoms with Crippen molar-refractivity contribution in [3.05, 3.63) is 29.8 Å². The Kier molecular flexibility index (Phi) is 8.06. The summed E-state index contributed by atoms with van der Waals surface area (Å²) in [6.07, 6.45) is 4.75. The summed E-state index contributed by atoms with van der Waals surface area (Å²) >= 11 is 0. The molecular formula is C19H31N3O3S. The molecule has 0 saturated carbocycles. The molecule has 1 fully saturated rings. The molecule has 0 aliphatic carbocycles. The Morgan fingerprint density at radius 2 is 1.85 bits per heavy atom. The Hall–Kier alpha value is -1.44. The SMILES string of the molecule is CCN(CC)S(=O)(=O)c1cccc(C(=O)NCCCN2CCCCC2)c1. The molecule has 1 saturated heterocycles. The lowest BCUT2D eigenvalue weighted by Crippen LogP contribution is -2.33. The van der Waals surface area contributed by atoms with Crippen molar-refractivity contribution in [2.24, 2.45) is 0 Å². The highest BCUT2D eigenvalue weighted by Crippen LogP contribution is 2.17. The molecule has 0 bridgehead atoms. The van der Waals surface area contributed by atoms with Crippen LogP contribution < -0.4 is 5.32 Å². The molecule has 1 N–H and O–H groups in total. The highest BCUT2D eigenvalue weighted by atomic mass is 32.2. The Bertz CT molecular complexity index is 681. The van der Waals surface area contributed by atoms with Crippen LogP contribution in [0.15, 0.2) is 29.2 Å². The number of hydrogen-bond donors (Lipinski definition) is 1. The topological polar surface area (TPSA) is 69.7 Å². The minimum absolute atomic E-state index is 0.169. The number of benzene rings is 1. The van der Waals surface area contributed by atoms with Crippen molar-refractivity contribution in [1.82, 2.24) is 14.5 Å². The van der Waals surface area contributed by atoms with Gasteiger partial charge in [-0.15, -0.1) is 0 Å². The molecule has 1 aliphatic heterocycles. The standard InChI is InChI=1S/C19H31N3O3S/c1-3-22(4-2)26(24,25)18-11-8-10-17(16-18)19(23)20-12-9-15-21-13-6-5-7-14-21/h8,10-11,16H,3-7,9,12-15H2,1-2H3,(H,20,23). The summed E-state index contributed by atoms with van der Waals surface area (Å²) in [7, 11) is -3.55. The highest BCUT2D eigenvalue weighted by molar-refractivity contribution is 7.89. The molecule has 7 heteroatoms. The van der Waals surface area contributed by atoms with Gasteiger partial charge < -0.3 is 10.2 Å². The maximum absolute atomic E-state index is 12.6. The summed E-state index contributed by atoms with van der Waals surface area (Å²) < 4.78 is 26.6. The monoisotopic (exact) mass is 381 g/mol. The van der Waals surface area contributed by atoms with Crippen molar-refractivity contribution in [3.8, 4) is 0 Å². The van der Waals surface area contributed by atoms with E-state index < -0.39 is 10.0 Å². The molecular weight excluding hydrogens is 350 g/mol. The molecule has 1 aliphatic rings. The second-order valence-corrected chi connectivity index (χ2v) is 8.57. The van der Waals surface area contributed by atoms with Gasteiger partial charge >= 0.3 is 0 Å². The molecule has 1 heterocycles. The van der Waals surface area contributed by atoms with Crippen LogP contribution in [0.25, 0.3) is 0 Å². The van der Waals surface area contributed by atoms with Gasteiger partial charge in [-0.1, -0.05) is 26.3 Å². The van der Waals surface area contributed by atoms with Crippen LogP contribution in [0.1, 0.15) is 49.9 Å². The molecule has 26 heavy (non-hydrogen) atoms. The number of sulfonamides is 1. The molecule has 0 atom stereocenters. The summed E-state index contributed by atoms with van der Waals surface area (Å²) in [5.41, 5.74) is 0.385. The number of likely N-dealkylation sites (tertiary alicyclic amines) is 1. The average molecular weight is 382 g/mol. The van der Waals surface area contributed by atoms with Crippen molar-refractivity contribution in [3.63, 3.8) is 0 Å². The number of rotatable bonds is 9. The summed E-state index contributed by atoms with van der Waals surface area (Å²) in [6.45, 7) is 8.33. The number of amides is 1. The van der Waals surface area contributed by atoms with Crippen LogP contribution in [0.5, 0.6) is 0 Å². The second kappa shape index (κ2) is 10.0. The number of nitrogens with one attached hydrogen (secondary N) is 1. The summed E-state index contributed by atoms with van der Waals surface area (Å²) in [6, 6.07) is 6.29. The van der Waals surface area contributed by atoms with Gasteiger partial charge in [0, 0.05) is 25.2 Å². The average Bonchev–Trinajstić information content (AvgIpc) is 2.67. The third kappa shape index (κ3) is 5.53. The van der Waals surface area contributed by atoms with Crippen LogP contribution in [0, 0.1) is 0 Å².